The van der Waals surface area contributed by atoms with Crippen molar-refractivity contribution in [3.63, 3.8) is 0 Å². The van der Waals surface area contributed by atoms with Gasteiger partial charge in [-0.1, -0.05) is 47.6 Å². The second-order valence-corrected chi connectivity index (χ2v) is 8.73. The van der Waals surface area contributed by atoms with E-state index in [0.717, 1.165) is 11.3 Å². The Balaban J connectivity index is 1.42. The van der Waals surface area contributed by atoms with Gasteiger partial charge in [-0.25, -0.2) is 0 Å². The van der Waals surface area contributed by atoms with E-state index in [4.69, 9.17) is 16.3 Å². The summed E-state index contributed by atoms with van der Waals surface area (Å²) in [5, 5.41) is 15.9. The Morgan fingerprint density at radius 2 is 1.79 bits per heavy atom. The van der Waals surface area contributed by atoms with E-state index in [1.165, 1.54) is 23.7 Å². The molecule has 1 amide bonds. The molecule has 3 heterocycles. The fourth-order valence-corrected chi connectivity index (χ4v) is 4.39. The van der Waals surface area contributed by atoms with E-state index in [2.05, 4.69) is 20.3 Å². The Kier molecular flexibility index (Phi) is 6.29. The topological polar surface area (TPSA) is 85.5 Å². The average Bonchev–Trinajstić information content (AvgIpc) is 3.49. The van der Waals surface area contributed by atoms with Crippen LogP contribution in [0.3, 0.4) is 0 Å². The van der Waals surface area contributed by atoms with Crippen molar-refractivity contribution >= 4 is 35.2 Å². The largest absolute Gasteiger partial charge is 0.447 e. The van der Waals surface area contributed by atoms with Crippen molar-refractivity contribution in [2.75, 3.05) is 5.75 Å². The van der Waals surface area contributed by atoms with Crippen LogP contribution in [0.1, 0.15) is 18.8 Å². The Morgan fingerprint density at radius 1 is 1.03 bits per heavy atom. The van der Waals surface area contributed by atoms with Gasteiger partial charge in [0, 0.05) is 29.4 Å². The first-order valence-corrected chi connectivity index (χ1v) is 11.8. The van der Waals surface area contributed by atoms with Crippen molar-refractivity contribution in [1.82, 2.24) is 24.8 Å². The van der Waals surface area contributed by atoms with Crippen LogP contribution in [0.4, 0.5) is 0 Å². The highest BCUT2D eigenvalue weighted by molar-refractivity contribution is 7.99. The number of carbonyl (C=O) groups excluding carboxylic acids is 1. The number of hydrogen-bond donors (Lipinski definition) is 0. The fourth-order valence-electron chi connectivity index (χ4n) is 3.47. The summed E-state index contributed by atoms with van der Waals surface area (Å²) in [7, 11) is 0. The molecule has 0 saturated carbocycles. The quantitative estimate of drug-likeness (QED) is 0.355. The molecule has 34 heavy (non-hydrogen) atoms. The third-order valence-corrected chi connectivity index (χ3v) is 6.19. The maximum Gasteiger partial charge on any atom is 0.243 e. The number of aromatic nitrogens is 4. The monoisotopic (exact) mass is 490 g/mol. The molecule has 0 bridgehead atoms. The third kappa shape index (κ3) is 4.52. The van der Waals surface area contributed by atoms with Crippen molar-refractivity contribution < 1.29 is 9.53 Å². The number of thioether (sulfide) groups is 1. The van der Waals surface area contributed by atoms with Crippen LogP contribution in [0.5, 0.6) is 0 Å². The number of pyridine rings is 1. The van der Waals surface area contributed by atoms with Gasteiger partial charge in [0.05, 0.1) is 5.75 Å². The van der Waals surface area contributed by atoms with Gasteiger partial charge in [-0.3, -0.25) is 14.3 Å². The van der Waals surface area contributed by atoms with Crippen LogP contribution < -0.4 is 0 Å². The number of para-hydroxylation sites is 1. The van der Waals surface area contributed by atoms with Crippen LogP contribution in [0.15, 0.2) is 89.3 Å². The number of benzene rings is 2. The first-order chi connectivity index (χ1) is 16.6. The molecule has 0 N–H and O–H groups in total. The van der Waals surface area contributed by atoms with Gasteiger partial charge in [0.2, 0.25) is 18.0 Å². The van der Waals surface area contributed by atoms with Crippen LogP contribution in [-0.2, 0) is 9.53 Å². The summed E-state index contributed by atoms with van der Waals surface area (Å²) in [6.07, 6.45) is 0.968. The average molecular weight is 491 g/mol. The molecule has 8 nitrogen and oxygen atoms in total. The number of hydrazone groups is 1. The highest BCUT2D eigenvalue weighted by Gasteiger charge is 2.33. The van der Waals surface area contributed by atoms with Gasteiger partial charge in [0.1, 0.15) is 5.69 Å². The number of carbonyl (C=O) groups is 1. The van der Waals surface area contributed by atoms with E-state index in [-0.39, 0.29) is 5.91 Å². The summed E-state index contributed by atoms with van der Waals surface area (Å²) in [4.78, 5) is 16.4. The van der Waals surface area contributed by atoms with E-state index in [1.54, 1.807) is 12.3 Å². The molecule has 2 aromatic heterocycles. The maximum absolute atomic E-state index is 12.1. The molecule has 0 saturated heterocycles. The zero-order valence-electron chi connectivity index (χ0n) is 18.1. The molecule has 5 rings (SSSR count). The first kappa shape index (κ1) is 22.1. The molecule has 4 aromatic rings. The van der Waals surface area contributed by atoms with Crippen molar-refractivity contribution in [1.29, 1.82) is 0 Å². The first-order valence-electron chi connectivity index (χ1n) is 10.4. The number of ether oxygens (including phenoxy) is 1. The number of hydrogen-bond acceptors (Lipinski definition) is 7. The minimum atomic E-state index is -0.689. The molecule has 170 valence electrons. The van der Waals surface area contributed by atoms with Crippen LogP contribution in [0, 0.1) is 0 Å². The summed E-state index contributed by atoms with van der Waals surface area (Å²) < 4.78 is 7.97. The van der Waals surface area contributed by atoms with Gasteiger partial charge in [0.25, 0.3) is 0 Å². The number of amides is 1. The Hall–Kier alpha value is -3.69. The van der Waals surface area contributed by atoms with Crippen LogP contribution in [0.25, 0.3) is 17.1 Å². The smallest absolute Gasteiger partial charge is 0.243 e. The van der Waals surface area contributed by atoms with E-state index in [0.29, 0.717) is 33.3 Å². The van der Waals surface area contributed by atoms with E-state index in [1.807, 2.05) is 71.3 Å². The number of nitrogens with zero attached hydrogens (tertiary/aromatic N) is 6. The standard InChI is InChI=1S/C24H19ClN6O2S/c1-16(32)31-23(20-9-5-6-14-26-20)33-21(29-31)15-34-24-28-27-22(17-10-12-18(25)13-11-17)30(24)19-7-3-2-4-8-19/h2-14,23H,15H2,1H3. The van der Waals surface area contributed by atoms with Crippen LogP contribution in [-0.4, -0.2) is 42.3 Å². The maximum atomic E-state index is 12.1. The predicted octanol–water partition coefficient (Wildman–Crippen LogP) is 4.97. The van der Waals surface area contributed by atoms with Crippen LogP contribution >= 0.6 is 23.4 Å². The van der Waals surface area contributed by atoms with E-state index < -0.39 is 6.23 Å². The third-order valence-electron chi connectivity index (χ3n) is 5.03. The zero-order chi connectivity index (χ0) is 23.5. The lowest BCUT2D eigenvalue weighted by Gasteiger charge is -2.18. The molecule has 1 unspecified atom stereocenters. The highest BCUT2D eigenvalue weighted by Crippen LogP contribution is 2.32. The van der Waals surface area contributed by atoms with Crippen LogP contribution in [0.2, 0.25) is 5.02 Å². The van der Waals surface area contributed by atoms with Gasteiger partial charge in [-0.2, -0.15) is 5.01 Å². The van der Waals surface area contributed by atoms with Gasteiger partial charge < -0.3 is 4.74 Å². The predicted molar refractivity (Wildman–Crippen MR) is 131 cm³/mol. The molecule has 10 heteroatoms. The van der Waals surface area contributed by atoms with E-state index in [9.17, 15) is 4.79 Å². The molecule has 0 fully saturated rings. The minimum absolute atomic E-state index is 0.229. The zero-order valence-corrected chi connectivity index (χ0v) is 19.6. The minimum Gasteiger partial charge on any atom is -0.447 e. The van der Waals surface area contributed by atoms with Gasteiger partial charge in [-0.05, 0) is 48.5 Å². The lowest BCUT2D eigenvalue weighted by atomic mass is 10.2. The van der Waals surface area contributed by atoms with Gasteiger partial charge in [-0.15, -0.1) is 15.3 Å². The molecule has 0 radical (unpaired) electrons. The fraction of sp³-hybridized carbons (Fsp3) is 0.125. The molecule has 1 aliphatic rings. The highest BCUT2D eigenvalue weighted by atomic mass is 35.5. The molecule has 2 aromatic carbocycles. The number of halogens is 1. The van der Waals surface area contributed by atoms with E-state index >= 15 is 0 Å². The molecular weight excluding hydrogens is 472 g/mol. The van der Waals surface area contributed by atoms with Crippen molar-refractivity contribution in [2.45, 2.75) is 18.3 Å². The van der Waals surface area contributed by atoms with Crippen molar-refractivity contribution in [2.24, 2.45) is 5.10 Å². The SMILES string of the molecule is CC(=O)N1N=C(CSc2nnc(-c3ccc(Cl)cc3)n2-c2ccccc2)OC1c1ccccn1. The Labute approximate surface area is 205 Å². The lowest BCUT2D eigenvalue weighted by Crippen LogP contribution is -2.25. The summed E-state index contributed by atoms with van der Waals surface area (Å²) in [5.74, 6) is 1.23. The Bertz CT molecular complexity index is 1330. The summed E-state index contributed by atoms with van der Waals surface area (Å²) in [6, 6.07) is 22.8. The second kappa shape index (κ2) is 9.66. The normalized spacial score (nSPS) is 15.2. The van der Waals surface area contributed by atoms with Crippen molar-refractivity contribution in [3.05, 3.63) is 89.7 Å². The number of rotatable bonds is 6. The van der Waals surface area contributed by atoms with Gasteiger partial charge >= 0.3 is 0 Å². The summed E-state index contributed by atoms with van der Waals surface area (Å²) in [5.41, 5.74) is 2.42. The molecule has 0 spiro atoms. The molecule has 1 aliphatic heterocycles. The second-order valence-electron chi connectivity index (χ2n) is 7.35. The van der Waals surface area contributed by atoms with Gasteiger partial charge in [0.15, 0.2) is 11.0 Å². The summed E-state index contributed by atoms with van der Waals surface area (Å²) in [6.45, 7) is 1.45. The summed E-state index contributed by atoms with van der Waals surface area (Å²) >= 11 is 7.49. The Morgan fingerprint density at radius 3 is 2.50 bits per heavy atom. The molecule has 0 aliphatic carbocycles. The lowest BCUT2D eigenvalue weighted by molar-refractivity contribution is -0.135. The van der Waals surface area contributed by atoms with Crippen molar-refractivity contribution in [3.8, 4) is 17.1 Å². The molecular formula is C24H19ClN6O2S. The molecule has 1 atom stereocenters.